The van der Waals surface area contributed by atoms with E-state index in [9.17, 15) is 9.59 Å². The quantitative estimate of drug-likeness (QED) is 0.846. The number of methoxy groups -OCH3 is 1. The maximum atomic E-state index is 12.4. The summed E-state index contributed by atoms with van der Waals surface area (Å²) in [6.45, 7) is 4.40. The molecule has 2 rings (SSSR count). The van der Waals surface area contributed by atoms with Crippen molar-refractivity contribution in [2.75, 3.05) is 33.3 Å². The zero-order valence-electron chi connectivity index (χ0n) is 13.1. The fraction of sp³-hybridized carbons (Fsp3) is 0.500. The molecule has 1 fully saturated rings. The van der Waals surface area contributed by atoms with Crippen molar-refractivity contribution < 1.29 is 14.3 Å². The summed E-state index contributed by atoms with van der Waals surface area (Å²) >= 11 is 0. The van der Waals surface area contributed by atoms with E-state index in [1.54, 1.807) is 14.0 Å². The minimum Gasteiger partial charge on any atom is -0.497 e. The summed E-state index contributed by atoms with van der Waals surface area (Å²) < 4.78 is 5.17. The van der Waals surface area contributed by atoms with Crippen LogP contribution in [0.4, 0.5) is 0 Å². The molecular weight excluding hydrogens is 282 g/mol. The van der Waals surface area contributed by atoms with Crippen molar-refractivity contribution >= 4 is 11.8 Å². The first-order valence-electron chi connectivity index (χ1n) is 7.45. The standard InChI is InChI=1S/C16H23N3O3/c1-12(16(17)21)18-6-8-19(9-7-18)15(20)11-13-4-3-5-14(10-13)22-2/h3-5,10,12H,6-9,11H2,1-2H3,(H2,17,21)/t12-/m1/s1. The molecule has 6 nitrogen and oxygen atoms in total. The number of primary amides is 1. The molecule has 2 N–H and O–H groups in total. The van der Waals surface area contributed by atoms with E-state index in [1.807, 2.05) is 34.1 Å². The van der Waals surface area contributed by atoms with E-state index >= 15 is 0 Å². The van der Waals surface area contributed by atoms with Gasteiger partial charge in [-0.1, -0.05) is 12.1 Å². The monoisotopic (exact) mass is 305 g/mol. The van der Waals surface area contributed by atoms with Gasteiger partial charge in [-0.3, -0.25) is 14.5 Å². The number of benzene rings is 1. The Bertz CT molecular complexity index is 539. The number of amides is 2. The molecular formula is C16H23N3O3. The molecule has 1 heterocycles. The van der Waals surface area contributed by atoms with Crippen molar-refractivity contribution in [3.05, 3.63) is 29.8 Å². The molecule has 0 bridgehead atoms. The predicted molar refractivity (Wildman–Crippen MR) is 83.5 cm³/mol. The summed E-state index contributed by atoms with van der Waals surface area (Å²) in [4.78, 5) is 27.4. The van der Waals surface area contributed by atoms with Crippen molar-refractivity contribution in [1.29, 1.82) is 0 Å². The van der Waals surface area contributed by atoms with Gasteiger partial charge in [0.1, 0.15) is 5.75 Å². The van der Waals surface area contributed by atoms with Crippen molar-refractivity contribution in [2.45, 2.75) is 19.4 Å². The molecule has 0 unspecified atom stereocenters. The highest BCUT2D eigenvalue weighted by Crippen LogP contribution is 2.14. The van der Waals surface area contributed by atoms with Crippen molar-refractivity contribution in [3.63, 3.8) is 0 Å². The van der Waals surface area contributed by atoms with E-state index in [0.717, 1.165) is 11.3 Å². The molecule has 6 heteroatoms. The van der Waals surface area contributed by atoms with Crippen LogP contribution in [0.25, 0.3) is 0 Å². The Kier molecular flexibility index (Phi) is 5.38. The lowest BCUT2D eigenvalue weighted by molar-refractivity contribution is -0.133. The number of rotatable bonds is 5. The third-order valence-corrected chi connectivity index (χ3v) is 4.12. The third-order valence-electron chi connectivity index (χ3n) is 4.12. The summed E-state index contributed by atoms with van der Waals surface area (Å²) in [5.74, 6) is 0.529. The maximum absolute atomic E-state index is 12.4. The van der Waals surface area contributed by atoms with Crippen LogP contribution < -0.4 is 10.5 Å². The normalized spacial score (nSPS) is 17.1. The van der Waals surface area contributed by atoms with Crippen LogP contribution in [-0.2, 0) is 16.0 Å². The molecule has 0 spiro atoms. The van der Waals surface area contributed by atoms with Gasteiger partial charge in [0.2, 0.25) is 11.8 Å². The van der Waals surface area contributed by atoms with E-state index in [4.69, 9.17) is 10.5 Å². The van der Waals surface area contributed by atoms with Crippen LogP contribution in [0.2, 0.25) is 0 Å². The molecule has 2 amide bonds. The first-order valence-corrected chi connectivity index (χ1v) is 7.45. The highest BCUT2D eigenvalue weighted by molar-refractivity contribution is 5.80. The van der Waals surface area contributed by atoms with Gasteiger partial charge in [-0.25, -0.2) is 0 Å². The van der Waals surface area contributed by atoms with Crippen LogP contribution in [0.5, 0.6) is 5.75 Å². The van der Waals surface area contributed by atoms with Gasteiger partial charge in [0, 0.05) is 26.2 Å². The number of carbonyl (C=O) groups is 2. The largest absolute Gasteiger partial charge is 0.497 e. The highest BCUT2D eigenvalue weighted by atomic mass is 16.5. The number of nitrogens with zero attached hydrogens (tertiary/aromatic N) is 2. The average molecular weight is 305 g/mol. The minimum absolute atomic E-state index is 0.0969. The number of ether oxygens (including phenoxy) is 1. The summed E-state index contributed by atoms with van der Waals surface area (Å²) in [7, 11) is 1.61. The lowest BCUT2D eigenvalue weighted by Gasteiger charge is -2.37. The molecule has 0 aromatic heterocycles. The lowest BCUT2D eigenvalue weighted by atomic mass is 10.1. The Hall–Kier alpha value is -2.08. The molecule has 1 saturated heterocycles. The Labute approximate surface area is 130 Å². The number of hydrogen-bond acceptors (Lipinski definition) is 4. The van der Waals surface area contributed by atoms with E-state index in [-0.39, 0.29) is 17.9 Å². The fourth-order valence-electron chi connectivity index (χ4n) is 2.61. The summed E-state index contributed by atoms with van der Waals surface area (Å²) in [6, 6.07) is 7.26. The van der Waals surface area contributed by atoms with Crippen LogP contribution in [-0.4, -0.2) is 60.9 Å². The second-order valence-corrected chi connectivity index (χ2v) is 5.52. The number of nitrogens with two attached hydrogens (primary N) is 1. The zero-order chi connectivity index (χ0) is 16.1. The molecule has 0 saturated carbocycles. The van der Waals surface area contributed by atoms with Gasteiger partial charge >= 0.3 is 0 Å². The van der Waals surface area contributed by atoms with E-state index in [0.29, 0.717) is 32.6 Å². The van der Waals surface area contributed by atoms with Crippen LogP contribution in [0.3, 0.4) is 0 Å². The third kappa shape index (κ3) is 3.98. The minimum atomic E-state index is -0.323. The number of piperazine rings is 1. The second-order valence-electron chi connectivity index (χ2n) is 5.52. The van der Waals surface area contributed by atoms with Gasteiger partial charge in [0.15, 0.2) is 0 Å². The molecule has 0 radical (unpaired) electrons. The smallest absolute Gasteiger partial charge is 0.234 e. The Morgan fingerprint density at radius 1 is 1.27 bits per heavy atom. The van der Waals surface area contributed by atoms with Gasteiger partial charge < -0.3 is 15.4 Å². The topological polar surface area (TPSA) is 75.9 Å². The molecule has 1 atom stereocenters. The molecule has 1 aromatic rings. The van der Waals surface area contributed by atoms with E-state index < -0.39 is 0 Å². The van der Waals surface area contributed by atoms with Gasteiger partial charge in [0.25, 0.3) is 0 Å². The van der Waals surface area contributed by atoms with Gasteiger partial charge in [-0.2, -0.15) is 0 Å². The molecule has 1 aromatic carbocycles. The van der Waals surface area contributed by atoms with Crippen LogP contribution >= 0.6 is 0 Å². The average Bonchev–Trinajstić information content (AvgIpc) is 2.54. The van der Waals surface area contributed by atoms with E-state index in [2.05, 4.69) is 0 Å². The summed E-state index contributed by atoms with van der Waals surface area (Å²) in [6.07, 6.45) is 0.364. The SMILES string of the molecule is COc1cccc(CC(=O)N2CCN([C@H](C)C(N)=O)CC2)c1. The van der Waals surface area contributed by atoms with Gasteiger partial charge in [0.05, 0.1) is 19.6 Å². The molecule has 1 aliphatic rings. The fourth-order valence-corrected chi connectivity index (χ4v) is 2.61. The molecule has 1 aliphatic heterocycles. The second kappa shape index (κ2) is 7.26. The highest BCUT2D eigenvalue weighted by Gasteiger charge is 2.26. The van der Waals surface area contributed by atoms with Gasteiger partial charge in [-0.05, 0) is 24.6 Å². The maximum Gasteiger partial charge on any atom is 0.234 e. The summed E-state index contributed by atoms with van der Waals surface area (Å²) in [5, 5.41) is 0. The molecule has 0 aliphatic carbocycles. The van der Waals surface area contributed by atoms with Crippen molar-refractivity contribution in [2.24, 2.45) is 5.73 Å². The Morgan fingerprint density at radius 3 is 2.55 bits per heavy atom. The van der Waals surface area contributed by atoms with Gasteiger partial charge in [-0.15, -0.1) is 0 Å². The molecule has 120 valence electrons. The number of carbonyl (C=O) groups excluding carboxylic acids is 2. The van der Waals surface area contributed by atoms with Crippen molar-refractivity contribution in [1.82, 2.24) is 9.80 Å². The van der Waals surface area contributed by atoms with Crippen LogP contribution in [0.15, 0.2) is 24.3 Å². The number of hydrogen-bond donors (Lipinski definition) is 1. The van der Waals surface area contributed by atoms with Crippen molar-refractivity contribution in [3.8, 4) is 5.75 Å². The zero-order valence-corrected chi connectivity index (χ0v) is 13.1. The Balaban J connectivity index is 1.88. The first kappa shape index (κ1) is 16.3. The van der Waals surface area contributed by atoms with Crippen LogP contribution in [0.1, 0.15) is 12.5 Å². The lowest BCUT2D eigenvalue weighted by Crippen LogP contribution is -2.54. The van der Waals surface area contributed by atoms with E-state index in [1.165, 1.54) is 0 Å². The van der Waals surface area contributed by atoms with Crippen LogP contribution in [0, 0.1) is 0 Å². The summed E-state index contributed by atoms with van der Waals surface area (Å²) in [5.41, 5.74) is 6.26. The molecule has 22 heavy (non-hydrogen) atoms. The Morgan fingerprint density at radius 2 is 1.95 bits per heavy atom. The predicted octanol–water partition coefficient (Wildman–Crippen LogP) is 0.256. The first-order chi connectivity index (χ1) is 10.5.